The topological polar surface area (TPSA) is 75.3 Å². The van der Waals surface area contributed by atoms with E-state index in [0.717, 1.165) is 12.1 Å². The van der Waals surface area contributed by atoms with Gasteiger partial charge in [0.05, 0.1) is 21.3 Å². The fraction of sp³-hybridized carbons (Fsp3) is 0. The normalized spacial score (nSPS) is 11.1. The number of amides is 1. The Hall–Kier alpha value is -2.61. The number of carbonyl (C=O) groups excluding carboxylic acids is 1. The number of nitrogens with one attached hydrogen (secondary N) is 2. The van der Waals surface area contributed by atoms with Crippen LogP contribution in [-0.4, -0.2) is 14.3 Å². The van der Waals surface area contributed by atoms with Crippen LogP contribution in [0.2, 0.25) is 10.0 Å². The molecule has 0 aromatic heterocycles. The molecule has 5 nitrogen and oxygen atoms in total. The lowest BCUT2D eigenvalue weighted by Gasteiger charge is -2.13. The van der Waals surface area contributed by atoms with Gasteiger partial charge in [-0.1, -0.05) is 47.5 Å². The first-order valence-corrected chi connectivity index (χ1v) is 10.1. The lowest BCUT2D eigenvalue weighted by molar-refractivity contribution is 0.102. The molecule has 0 saturated heterocycles. The highest BCUT2D eigenvalue weighted by Crippen LogP contribution is 2.26. The van der Waals surface area contributed by atoms with Crippen molar-refractivity contribution in [3.8, 4) is 0 Å². The van der Waals surface area contributed by atoms with Gasteiger partial charge in [-0.15, -0.1) is 0 Å². The van der Waals surface area contributed by atoms with E-state index in [1.165, 1.54) is 36.4 Å². The second kappa shape index (κ2) is 8.18. The quantitative estimate of drug-likeness (QED) is 0.575. The van der Waals surface area contributed by atoms with Crippen molar-refractivity contribution in [2.75, 3.05) is 10.0 Å². The van der Waals surface area contributed by atoms with Crippen LogP contribution in [-0.2, 0) is 10.0 Å². The van der Waals surface area contributed by atoms with E-state index in [0.29, 0.717) is 10.7 Å². The first kappa shape index (κ1) is 20.1. The SMILES string of the molecule is O=C(Nc1ccc(Cl)c(Cl)c1)c1ccccc1NS(=O)(=O)c1ccccc1F. The van der Waals surface area contributed by atoms with Gasteiger partial charge in [-0.3, -0.25) is 9.52 Å². The Morgan fingerprint density at radius 2 is 1.57 bits per heavy atom. The summed E-state index contributed by atoms with van der Waals surface area (Å²) in [5, 5.41) is 3.20. The predicted octanol–water partition coefficient (Wildman–Crippen LogP) is 5.19. The van der Waals surface area contributed by atoms with Crippen LogP contribution in [0.4, 0.5) is 15.8 Å². The standard InChI is InChI=1S/C19H13Cl2FN2O3S/c20-14-10-9-12(11-15(14)21)23-19(25)13-5-1-3-7-17(13)24-28(26,27)18-8-4-2-6-16(18)22/h1-11,24H,(H,23,25). The average molecular weight is 439 g/mol. The second-order valence-electron chi connectivity index (χ2n) is 5.66. The van der Waals surface area contributed by atoms with Crippen LogP contribution in [0.1, 0.15) is 10.4 Å². The minimum absolute atomic E-state index is 0.00307. The van der Waals surface area contributed by atoms with Crippen LogP contribution >= 0.6 is 23.2 Å². The Kier molecular flexibility index (Phi) is 5.88. The number of hydrogen-bond acceptors (Lipinski definition) is 3. The van der Waals surface area contributed by atoms with E-state index in [1.807, 2.05) is 0 Å². The van der Waals surface area contributed by atoms with Crippen molar-refractivity contribution in [1.29, 1.82) is 0 Å². The monoisotopic (exact) mass is 438 g/mol. The highest BCUT2D eigenvalue weighted by atomic mass is 35.5. The van der Waals surface area contributed by atoms with Crippen molar-refractivity contribution in [2.45, 2.75) is 4.90 Å². The Labute approximate surface area is 171 Å². The van der Waals surface area contributed by atoms with Crippen molar-refractivity contribution >= 4 is 50.5 Å². The fourth-order valence-corrected chi connectivity index (χ4v) is 3.86. The van der Waals surface area contributed by atoms with Crippen molar-refractivity contribution < 1.29 is 17.6 Å². The lowest BCUT2D eigenvalue weighted by Crippen LogP contribution is -2.19. The Balaban J connectivity index is 1.90. The Morgan fingerprint density at radius 1 is 0.893 bits per heavy atom. The molecule has 28 heavy (non-hydrogen) atoms. The van der Waals surface area contributed by atoms with E-state index in [2.05, 4.69) is 10.0 Å². The van der Waals surface area contributed by atoms with Gasteiger partial charge in [-0.25, -0.2) is 12.8 Å². The summed E-state index contributed by atoms with van der Waals surface area (Å²) in [6.45, 7) is 0. The third-order valence-electron chi connectivity index (χ3n) is 3.72. The molecule has 0 aliphatic carbocycles. The van der Waals surface area contributed by atoms with Crippen molar-refractivity contribution in [3.05, 3.63) is 88.2 Å². The number of halogens is 3. The molecule has 0 unspecified atom stereocenters. The zero-order chi connectivity index (χ0) is 20.3. The molecule has 0 aliphatic rings. The number of rotatable bonds is 5. The minimum atomic E-state index is -4.23. The smallest absolute Gasteiger partial charge is 0.264 e. The maximum atomic E-state index is 13.9. The Morgan fingerprint density at radius 3 is 2.29 bits per heavy atom. The van der Waals surface area contributed by atoms with E-state index in [-0.39, 0.29) is 16.3 Å². The van der Waals surface area contributed by atoms with Crippen molar-refractivity contribution in [2.24, 2.45) is 0 Å². The molecule has 0 heterocycles. The second-order valence-corrected chi connectivity index (χ2v) is 8.13. The molecule has 3 rings (SSSR count). The number of para-hydroxylation sites is 1. The molecule has 2 N–H and O–H groups in total. The summed E-state index contributed by atoms with van der Waals surface area (Å²) in [7, 11) is -4.23. The van der Waals surface area contributed by atoms with E-state index in [4.69, 9.17) is 23.2 Å². The highest BCUT2D eigenvalue weighted by molar-refractivity contribution is 7.92. The molecule has 0 bridgehead atoms. The summed E-state index contributed by atoms with van der Waals surface area (Å²) in [5.41, 5.74) is 0.433. The molecule has 3 aromatic rings. The summed E-state index contributed by atoms with van der Waals surface area (Å²) in [6.07, 6.45) is 0. The molecule has 3 aromatic carbocycles. The summed E-state index contributed by atoms with van der Waals surface area (Å²) >= 11 is 11.8. The predicted molar refractivity (Wildman–Crippen MR) is 108 cm³/mol. The largest absolute Gasteiger partial charge is 0.322 e. The number of hydrogen-bond donors (Lipinski definition) is 2. The molecule has 0 saturated carbocycles. The van der Waals surface area contributed by atoms with Crippen molar-refractivity contribution in [1.82, 2.24) is 0 Å². The lowest BCUT2D eigenvalue weighted by atomic mass is 10.1. The maximum Gasteiger partial charge on any atom is 0.264 e. The number of carbonyl (C=O) groups is 1. The molecule has 0 radical (unpaired) electrons. The van der Waals surface area contributed by atoms with Crippen LogP contribution in [0.5, 0.6) is 0 Å². The van der Waals surface area contributed by atoms with Gasteiger partial charge in [-0.05, 0) is 42.5 Å². The van der Waals surface area contributed by atoms with Crippen LogP contribution in [0, 0.1) is 5.82 Å². The van der Waals surface area contributed by atoms with Gasteiger partial charge in [0, 0.05) is 5.69 Å². The minimum Gasteiger partial charge on any atom is -0.322 e. The number of benzene rings is 3. The molecule has 144 valence electrons. The molecular weight excluding hydrogens is 426 g/mol. The average Bonchev–Trinajstić information content (AvgIpc) is 2.65. The Bertz CT molecular complexity index is 1150. The van der Waals surface area contributed by atoms with E-state index in [1.54, 1.807) is 18.2 Å². The van der Waals surface area contributed by atoms with E-state index < -0.39 is 26.6 Å². The summed E-state index contributed by atoms with van der Waals surface area (Å²) < 4.78 is 41.2. The van der Waals surface area contributed by atoms with Crippen LogP contribution in [0.15, 0.2) is 71.6 Å². The molecule has 1 amide bonds. The van der Waals surface area contributed by atoms with Crippen LogP contribution in [0.3, 0.4) is 0 Å². The first-order valence-electron chi connectivity index (χ1n) is 7.91. The van der Waals surface area contributed by atoms with Crippen LogP contribution in [0.25, 0.3) is 0 Å². The van der Waals surface area contributed by atoms with E-state index >= 15 is 0 Å². The summed E-state index contributed by atoms with van der Waals surface area (Å²) in [5.74, 6) is -1.47. The van der Waals surface area contributed by atoms with Crippen molar-refractivity contribution in [3.63, 3.8) is 0 Å². The third kappa shape index (κ3) is 4.44. The van der Waals surface area contributed by atoms with Crippen LogP contribution < -0.4 is 10.0 Å². The van der Waals surface area contributed by atoms with Gasteiger partial charge >= 0.3 is 0 Å². The molecule has 0 aliphatic heterocycles. The van der Waals surface area contributed by atoms with E-state index in [9.17, 15) is 17.6 Å². The van der Waals surface area contributed by atoms with Gasteiger partial charge in [0.25, 0.3) is 15.9 Å². The molecule has 0 atom stereocenters. The van der Waals surface area contributed by atoms with Gasteiger partial charge in [-0.2, -0.15) is 0 Å². The molecule has 0 spiro atoms. The summed E-state index contributed by atoms with van der Waals surface area (Å²) in [6, 6.07) is 15.5. The zero-order valence-corrected chi connectivity index (χ0v) is 16.4. The van der Waals surface area contributed by atoms with Gasteiger partial charge in [0.15, 0.2) is 0 Å². The fourth-order valence-electron chi connectivity index (χ4n) is 2.40. The van der Waals surface area contributed by atoms with Gasteiger partial charge in [0.1, 0.15) is 10.7 Å². The zero-order valence-electron chi connectivity index (χ0n) is 14.1. The highest BCUT2D eigenvalue weighted by Gasteiger charge is 2.21. The molecular formula is C19H13Cl2FN2O3S. The number of sulfonamides is 1. The maximum absolute atomic E-state index is 13.9. The number of anilines is 2. The van der Waals surface area contributed by atoms with Gasteiger partial charge in [0.2, 0.25) is 0 Å². The van der Waals surface area contributed by atoms with Gasteiger partial charge < -0.3 is 5.32 Å². The third-order valence-corrected chi connectivity index (χ3v) is 5.86. The summed E-state index contributed by atoms with van der Waals surface area (Å²) in [4.78, 5) is 12.1. The first-order chi connectivity index (χ1) is 13.3. The molecule has 0 fully saturated rings. The molecule has 9 heteroatoms.